The Morgan fingerprint density at radius 2 is 2.32 bits per heavy atom. The molecule has 0 spiro atoms. The SMILES string of the molecule is C[C@@H](CNC(=O)c1cc2cc(Cl)ccc2[nH]1)Cn1ccnc1. The van der Waals surface area contributed by atoms with Crippen LogP contribution in [0.4, 0.5) is 0 Å². The molecule has 2 heterocycles. The fourth-order valence-corrected chi connectivity index (χ4v) is 2.59. The molecule has 0 aliphatic heterocycles. The number of carbonyl (C=O) groups excluding carboxylic acids is 1. The Bertz CT molecular complexity index is 779. The molecule has 2 aromatic heterocycles. The van der Waals surface area contributed by atoms with Crippen molar-refractivity contribution in [2.45, 2.75) is 13.5 Å². The average molecular weight is 317 g/mol. The minimum absolute atomic E-state index is 0.107. The molecule has 0 saturated carbocycles. The maximum atomic E-state index is 12.2. The number of aromatic amines is 1. The van der Waals surface area contributed by atoms with Crippen LogP contribution in [0.25, 0.3) is 10.9 Å². The predicted molar refractivity (Wildman–Crippen MR) is 87.0 cm³/mol. The molecule has 0 unspecified atom stereocenters. The Morgan fingerprint density at radius 3 is 3.09 bits per heavy atom. The van der Waals surface area contributed by atoms with Gasteiger partial charge in [0.05, 0.1) is 6.33 Å². The third-order valence-electron chi connectivity index (χ3n) is 3.52. The zero-order chi connectivity index (χ0) is 15.5. The van der Waals surface area contributed by atoms with Crippen LogP contribution in [0, 0.1) is 5.92 Å². The third kappa shape index (κ3) is 3.31. The number of nitrogens with zero attached hydrogens (tertiary/aromatic N) is 2. The number of carbonyl (C=O) groups is 1. The first-order valence-electron chi connectivity index (χ1n) is 7.14. The predicted octanol–water partition coefficient (Wildman–Crippen LogP) is 3.08. The molecule has 1 atom stereocenters. The fraction of sp³-hybridized carbons (Fsp3) is 0.250. The van der Waals surface area contributed by atoms with Crippen molar-refractivity contribution in [3.63, 3.8) is 0 Å². The van der Waals surface area contributed by atoms with Crippen LogP contribution < -0.4 is 5.32 Å². The Labute approximate surface area is 133 Å². The summed E-state index contributed by atoms with van der Waals surface area (Å²) in [6.07, 6.45) is 5.44. The lowest BCUT2D eigenvalue weighted by Crippen LogP contribution is -2.30. The fourth-order valence-electron chi connectivity index (χ4n) is 2.41. The molecule has 0 aliphatic rings. The Balaban J connectivity index is 1.60. The highest BCUT2D eigenvalue weighted by Crippen LogP contribution is 2.20. The van der Waals surface area contributed by atoms with Crippen molar-refractivity contribution in [2.75, 3.05) is 6.54 Å². The summed E-state index contributed by atoms with van der Waals surface area (Å²) in [5, 5.41) is 4.54. The summed E-state index contributed by atoms with van der Waals surface area (Å²) in [6.45, 7) is 3.51. The van der Waals surface area contributed by atoms with Crippen LogP contribution in [0.1, 0.15) is 17.4 Å². The van der Waals surface area contributed by atoms with Gasteiger partial charge in [0.2, 0.25) is 0 Å². The summed E-state index contributed by atoms with van der Waals surface area (Å²) >= 11 is 5.96. The van der Waals surface area contributed by atoms with Crippen molar-refractivity contribution in [3.05, 3.63) is 53.7 Å². The average Bonchev–Trinajstić information content (AvgIpc) is 3.13. The van der Waals surface area contributed by atoms with Crippen LogP contribution in [0.5, 0.6) is 0 Å². The number of imidazole rings is 1. The third-order valence-corrected chi connectivity index (χ3v) is 3.76. The second-order valence-corrected chi connectivity index (χ2v) is 5.93. The Kier molecular flexibility index (Phi) is 4.15. The molecule has 0 fully saturated rings. The molecule has 22 heavy (non-hydrogen) atoms. The molecule has 0 bridgehead atoms. The molecule has 1 amide bonds. The zero-order valence-corrected chi connectivity index (χ0v) is 13.0. The van der Waals surface area contributed by atoms with E-state index in [9.17, 15) is 4.79 Å². The number of fused-ring (bicyclic) bond motifs is 1. The Hall–Kier alpha value is -2.27. The number of hydrogen-bond acceptors (Lipinski definition) is 2. The van der Waals surface area contributed by atoms with Gasteiger partial charge >= 0.3 is 0 Å². The van der Waals surface area contributed by atoms with Crippen LogP contribution in [0.3, 0.4) is 0 Å². The van der Waals surface area contributed by atoms with E-state index in [2.05, 4.69) is 22.2 Å². The van der Waals surface area contributed by atoms with Gasteiger partial charge in [0.25, 0.3) is 5.91 Å². The molecule has 1 aromatic carbocycles. The van der Waals surface area contributed by atoms with Crippen molar-refractivity contribution in [3.8, 4) is 0 Å². The minimum atomic E-state index is -0.107. The van der Waals surface area contributed by atoms with Crippen LogP contribution in [0.2, 0.25) is 5.02 Å². The van der Waals surface area contributed by atoms with Crippen LogP contribution in [-0.2, 0) is 6.54 Å². The number of halogens is 1. The van der Waals surface area contributed by atoms with E-state index < -0.39 is 0 Å². The number of nitrogens with one attached hydrogen (secondary N) is 2. The number of aromatic nitrogens is 3. The first-order chi connectivity index (χ1) is 10.6. The first-order valence-corrected chi connectivity index (χ1v) is 7.52. The summed E-state index contributed by atoms with van der Waals surface area (Å²) in [5.74, 6) is 0.210. The van der Waals surface area contributed by atoms with Crippen molar-refractivity contribution < 1.29 is 4.79 Å². The molecule has 2 N–H and O–H groups in total. The van der Waals surface area contributed by atoms with E-state index in [1.54, 1.807) is 18.6 Å². The Morgan fingerprint density at radius 1 is 1.45 bits per heavy atom. The highest BCUT2D eigenvalue weighted by Gasteiger charge is 2.11. The van der Waals surface area contributed by atoms with E-state index in [1.807, 2.05) is 29.0 Å². The molecule has 3 rings (SSSR count). The standard InChI is InChI=1S/C16H17ClN4O/c1-11(9-21-5-4-18-10-21)8-19-16(22)15-7-12-6-13(17)2-3-14(12)20-15/h2-7,10-11,20H,8-9H2,1H3,(H,19,22)/t11-/m0/s1. The topological polar surface area (TPSA) is 62.7 Å². The van der Waals surface area contributed by atoms with Crippen molar-refractivity contribution in [1.29, 1.82) is 0 Å². The number of benzene rings is 1. The highest BCUT2D eigenvalue weighted by molar-refractivity contribution is 6.31. The normalized spacial score (nSPS) is 12.5. The van der Waals surface area contributed by atoms with Gasteiger partial charge in [-0.2, -0.15) is 0 Å². The van der Waals surface area contributed by atoms with Gasteiger partial charge in [-0.1, -0.05) is 18.5 Å². The van der Waals surface area contributed by atoms with Gasteiger partial charge in [-0.25, -0.2) is 4.98 Å². The van der Waals surface area contributed by atoms with Gasteiger partial charge in [0.15, 0.2) is 0 Å². The van der Waals surface area contributed by atoms with E-state index in [-0.39, 0.29) is 5.91 Å². The van der Waals surface area contributed by atoms with Gasteiger partial charge < -0.3 is 14.9 Å². The summed E-state index contributed by atoms with van der Waals surface area (Å²) < 4.78 is 2.00. The lowest BCUT2D eigenvalue weighted by molar-refractivity contribution is 0.0942. The summed E-state index contributed by atoms with van der Waals surface area (Å²) in [5.41, 5.74) is 1.45. The monoisotopic (exact) mass is 316 g/mol. The van der Waals surface area contributed by atoms with Gasteiger partial charge in [0.1, 0.15) is 5.69 Å². The molecule has 114 valence electrons. The van der Waals surface area contributed by atoms with E-state index in [0.29, 0.717) is 23.2 Å². The minimum Gasteiger partial charge on any atom is -0.351 e. The maximum absolute atomic E-state index is 12.2. The molecule has 0 radical (unpaired) electrons. The van der Waals surface area contributed by atoms with E-state index in [4.69, 9.17) is 11.6 Å². The lowest BCUT2D eigenvalue weighted by Gasteiger charge is -2.12. The number of H-pyrrole nitrogens is 1. The first kappa shape index (κ1) is 14.7. The lowest BCUT2D eigenvalue weighted by atomic mass is 10.2. The molecule has 0 aliphatic carbocycles. The van der Waals surface area contributed by atoms with Gasteiger partial charge in [0, 0.05) is 41.4 Å². The van der Waals surface area contributed by atoms with Crippen LogP contribution in [0.15, 0.2) is 43.0 Å². The number of amides is 1. The maximum Gasteiger partial charge on any atom is 0.267 e. The second-order valence-electron chi connectivity index (χ2n) is 5.49. The van der Waals surface area contributed by atoms with Crippen LogP contribution >= 0.6 is 11.6 Å². The molecular weight excluding hydrogens is 300 g/mol. The van der Waals surface area contributed by atoms with Gasteiger partial charge in [-0.15, -0.1) is 0 Å². The molecule has 5 nitrogen and oxygen atoms in total. The van der Waals surface area contributed by atoms with Gasteiger partial charge in [-0.05, 0) is 30.2 Å². The quantitative estimate of drug-likeness (QED) is 0.760. The van der Waals surface area contributed by atoms with E-state index in [1.165, 1.54) is 0 Å². The zero-order valence-electron chi connectivity index (χ0n) is 12.2. The molecule has 0 saturated heterocycles. The molecular formula is C16H17ClN4O. The largest absolute Gasteiger partial charge is 0.351 e. The molecule has 3 aromatic rings. The number of rotatable bonds is 5. The van der Waals surface area contributed by atoms with Crippen molar-refractivity contribution in [2.24, 2.45) is 5.92 Å². The second kappa shape index (κ2) is 6.23. The number of hydrogen-bond donors (Lipinski definition) is 2. The summed E-state index contributed by atoms with van der Waals surface area (Å²) in [4.78, 5) is 19.3. The van der Waals surface area contributed by atoms with Gasteiger partial charge in [-0.3, -0.25) is 4.79 Å². The highest BCUT2D eigenvalue weighted by atomic mass is 35.5. The van der Waals surface area contributed by atoms with E-state index >= 15 is 0 Å². The van der Waals surface area contributed by atoms with Crippen molar-refractivity contribution >= 4 is 28.4 Å². The smallest absolute Gasteiger partial charge is 0.267 e. The molecule has 6 heteroatoms. The van der Waals surface area contributed by atoms with E-state index in [0.717, 1.165) is 17.4 Å². The van der Waals surface area contributed by atoms with Crippen LogP contribution in [-0.4, -0.2) is 27.0 Å². The summed E-state index contributed by atoms with van der Waals surface area (Å²) in [7, 11) is 0. The summed E-state index contributed by atoms with van der Waals surface area (Å²) in [6, 6.07) is 7.33. The van der Waals surface area contributed by atoms with Crippen molar-refractivity contribution in [1.82, 2.24) is 19.9 Å².